The Bertz CT molecular complexity index is 1230. The Morgan fingerprint density at radius 2 is 2.03 bits per heavy atom. The molecule has 0 spiro atoms. The number of likely N-dealkylation sites (N-methyl/N-ethyl adjacent to an activating group) is 1. The molecule has 3 atom stereocenters. The van der Waals surface area contributed by atoms with E-state index < -0.39 is 35.3 Å². The van der Waals surface area contributed by atoms with E-state index in [2.05, 4.69) is 26.6 Å². The van der Waals surface area contributed by atoms with E-state index in [1.165, 1.54) is 13.0 Å². The number of nitrogens with two attached hydrogens (primary N) is 1. The maximum atomic E-state index is 14.3. The predicted octanol–water partition coefficient (Wildman–Crippen LogP) is 3.55. The molecule has 0 aromatic heterocycles. The molecule has 1 saturated heterocycles. The number of amides is 2. The lowest BCUT2D eigenvalue weighted by atomic mass is 9.72. The number of hydrogen-bond donors (Lipinski definition) is 3. The number of benzene rings is 2. The van der Waals surface area contributed by atoms with E-state index in [0.717, 1.165) is 23.3 Å². The van der Waals surface area contributed by atoms with Gasteiger partial charge in [-0.05, 0) is 52.2 Å². The third kappa shape index (κ3) is 5.48. The second-order valence-electron chi connectivity index (χ2n) is 9.15. The molecule has 2 heterocycles. The van der Waals surface area contributed by atoms with Crippen molar-refractivity contribution in [1.82, 2.24) is 15.7 Å². The smallest absolute Gasteiger partial charge is 0.405 e. The maximum absolute atomic E-state index is 14.3. The highest BCUT2D eigenvalue weighted by molar-refractivity contribution is 9.11. The third-order valence-electron chi connectivity index (χ3n) is 6.84. The number of nitrogens with one attached hydrogen (secondary N) is 2. The molecular weight excluding hydrogens is 550 g/mol. The summed E-state index contributed by atoms with van der Waals surface area (Å²) in [5.74, 6) is -2.05. The lowest BCUT2D eigenvalue weighted by molar-refractivity contribution is -0.132. The normalized spacial score (nSPS) is 24.0. The van der Waals surface area contributed by atoms with Gasteiger partial charge in [0.1, 0.15) is 5.60 Å². The summed E-state index contributed by atoms with van der Waals surface area (Å²) < 4.78 is 34.6. The second-order valence-corrected chi connectivity index (χ2v) is 10.0. The molecule has 0 aliphatic carbocycles. The van der Waals surface area contributed by atoms with Crippen molar-refractivity contribution in [2.45, 2.75) is 31.4 Å². The molecule has 1 unspecified atom stereocenters. The van der Waals surface area contributed by atoms with E-state index in [1.807, 2.05) is 24.3 Å². The molecule has 2 aromatic carbocycles. The van der Waals surface area contributed by atoms with Gasteiger partial charge in [0, 0.05) is 45.0 Å². The van der Waals surface area contributed by atoms with Gasteiger partial charge in [-0.3, -0.25) is 4.79 Å². The Labute approximate surface area is 222 Å². The predicted molar refractivity (Wildman–Crippen MR) is 137 cm³/mol. The van der Waals surface area contributed by atoms with E-state index in [-0.39, 0.29) is 5.91 Å². The van der Waals surface area contributed by atoms with E-state index >= 15 is 0 Å². The Hall–Kier alpha value is -3.02. The number of ether oxygens (including phenoxy) is 1. The summed E-state index contributed by atoms with van der Waals surface area (Å²) in [4.78, 5) is 29.7. The molecule has 0 saturated carbocycles. The fourth-order valence-corrected chi connectivity index (χ4v) is 6.10. The molecule has 11 heteroatoms. The standard InChI is InChI=1S/C26H29BrF2N4O4/c1-15(34)32-11-9-16-5-3-4-6-18(16)24-22(27)23(33(2)37-24)19-14-31-12-10-26(19,36-25(30)35)17-7-8-20(28)21(29)13-17/h3-8,13,19,23,31H,9-12,14H2,1-2H3,(H2,30,35)(H,32,34)/t19-,23?,26+/m1/s1. The first-order valence-electron chi connectivity index (χ1n) is 11.9. The highest BCUT2D eigenvalue weighted by Crippen LogP contribution is 2.49. The van der Waals surface area contributed by atoms with Crippen molar-refractivity contribution in [3.05, 3.63) is 75.3 Å². The zero-order valence-corrected chi connectivity index (χ0v) is 22.1. The Kier molecular flexibility index (Phi) is 8.15. The molecule has 8 nitrogen and oxygen atoms in total. The van der Waals surface area contributed by atoms with Gasteiger partial charge in [-0.2, -0.15) is 0 Å². The van der Waals surface area contributed by atoms with Crippen LogP contribution < -0.4 is 16.4 Å². The number of piperidine rings is 1. The first kappa shape index (κ1) is 27.0. The average Bonchev–Trinajstić information content (AvgIpc) is 3.14. The van der Waals surface area contributed by atoms with Crippen LogP contribution in [0.5, 0.6) is 0 Å². The molecule has 198 valence electrons. The van der Waals surface area contributed by atoms with Gasteiger partial charge in [-0.25, -0.2) is 13.6 Å². The van der Waals surface area contributed by atoms with Crippen molar-refractivity contribution in [2.75, 3.05) is 26.7 Å². The minimum Gasteiger partial charge on any atom is -0.438 e. The number of hydrogen-bond acceptors (Lipinski definition) is 6. The molecule has 0 radical (unpaired) electrons. The number of primary amides is 1. The van der Waals surface area contributed by atoms with Crippen LogP contribution in [0, 0.1) is 17.6 Å². The molecule has 4 N–H and O–H groups in total. The Morgan fingerprint density at radius 3 is 2.73 bits per heavy atom. The van der Waals surface area contributed by atoms with Gasteiger partial charge in [-0.15, -0.1) is 5.06 Å². The number of carbonyl (C=O) groups is 2. The van der Waals surface area contributed by atoms with Gasteiger partial charge in [0.25, 0.3) is 0 Å². The van der Waals surface area contributed by atoms with E-state index in [1.54, 1.807) is 12.1 Å². The van der Waals surface area contributed by atoms with E-state index in [9.17, 15) is 18.4 Å². The van der Waals surface area contributed by atoms with Crippen LogP contribution in [0.4, 0.5) is 13.6 Å². The molecule has 2 aliphatic heterocycles. The number of carbonyl (C=O) groups excluding carboxylic acids is 2. The van der Waals surface area contributed by atoms with E-state index in [0.29, 0.717) is 48.3 Å². The zero-order chi connectivity index (χ0) is 26.7. The third-order valence-corrected chi connectivity index (χ3v) is 7.67. The van der Waals surface area contributed by atoms with Crippen molar-refractivity contribution in [2.24, 2.45) is 11.7 Å². The summed E-state index contributed by atoms with van der Waals surface area (Å²) in [7, 11) is 1.76. The molecule has 2 aromatic rings. The number of halogens is 3. The van der Waals surface area contributed by atoms with Crippen LogP contribution in [0.1, 0.15) is 30.0 Å². The first-order chi connectivity index (χ1) is 17.6. The number of hydroxylamine groups is 2. The van der Waals surface area contributed by atoms with E-state index in [4.69, 9.17) is 15.3 Å². The van der Waals surface area contributed by atoms with Crippen molar-refractivity contribution >= 4 is 33.7 Å². The highest BCUT2D eigenvalue weighted by Gasteiger charge is 2.53. The monoisotopic (exact) mass is 578 g/mol. The maximum Gasteiger partial charge on any atom is 0.405 e. The van der Waals surface area contributed by atoms with Gasteiger partial charge < -0.3 is 25.9 Å². The van der Waals surface area contributed by atoms with Crippen molar-refractivity contribution < 1.29 is 27.9 Å². The quantitative estimate of drug-likeness (QED) is 0.464. The lowest BCUT2D eigenvalue weighted by Crippen LogP contribution is -2.57. The summed E-state index contributed by atoms with van der Waals surface area (Å²) >= 11 is 3.74. The van der Waals surface area contributed by atoms with Gasteiger partial charge in [0.2, 0.25) is 5.91 Å². The van der Waals surface area contributed by atoms with Gasteiger partial charge in [0.15, 0.2) is 17.4 Å². The molecule has 2 aliphatic rings. The average molecular weight is 579 g/mol. The fourth-order valence-electron chi connectivity index (χ4n) is 5.21. The molecular formula is C26H29BrF2N4O4. The van der Waals surface area contributed by atoms with Crippen molar-refractivity contribution in [3.63, 3.8) is 0 Å². The molecule has 1 fully saturated rings. The van der Waals surface area contributed by atoms with Crippen LogP contribution >= 0.6 is 15.9 Å². The van der Waals surface area contributed by atoms with Crippen LogP contribution in [0.25, 0.3) is 5.76 Å². The molecule has 4 rings (SSSR count). The fraction of sp³-hybridized carbons (Fsp3) is 0.385. The van der Waals surface area contributed by atoms with Gasteiger partial charge in [0.05, 0.1) is 10.5 Å². The number of rotatable bonds is 7. The van der Waals surface area contributed by atoms with Crippen LogP contribution in [-0.2, 0) is 26.4 Å². The second kappa shape index (κ2) is 11.2. The van der Waals surface area contributed by atoms with Gasteiger partial charge in [-0.1, -0.05) is 30.3 Å². The summed E-state index contributed by atoms with van der Waals surface area (Å²) in [5.41, 5.74) is 6.29. The Morgan fingerprint density at radius 1 is 1.27 bits per heavy atom. The van der Waals surface area contributed by atoms with Crippen LogP contribution in [0.3, 0.4) is 0 Å². The van der Waals surface area contributed by atoms with Crippen LogP contribution in [-0.4, -0.2) is 49.8 Å². The minimum absolute atomic E-state index is 0.109. The van der Waals surface area contributed by atoms with Crippen molar-refractivity contribution in [1.29, 1.82) is 0 Å². The largest absolute Gasteiger partial charge is 0.438 e. The summed E-state index contributed by atoms with van der Waals surface area (Å²) in [6.07, 6.45) is -0.132. The minimum atomic E-state index is -1.34. The summed E-state index contributed by atoms with van der Waals surface area (Å²) in [5, 5.41) is 7.77. The topological polar surface area (TPSA) is 106 Å². The zero-order valence-electron chi connectivity index (χ0n) is 20.5. The lowest BCUT2D eigenvalue weighted by Gasteiger charge is -2.46. The van der Waals surface area contributed by atoms with Crippen LogP contribution in [0.2, 0.25) is 0 Å². The summed E-state index contributed by atoms with van der Waals surface area (Å²) in [6.45, 7) is 2.79. The molecule has 0 bridgehead atoms. The van der Waals surface area contributed by atoms with Crippen molar-refractivity contribution in [3.8, 4) is 0 Å². The van der Waals surface area contributed by atoms with Gasteiger partial charge >= 0.3 is 6.09 Å². The molecule has 37 heavy (non-hydrogen) atoms. The molecule has 2 amide bonds. The van der Waals surface area contributed by atoms with Crippen LogP contribution in [0.15, 0.2) is 46.9 Å². The summed E-state index contributed by atoms with van der Waals surface area (Å²) in [6, 6.07) is 10.7. The SMILES string of the molecule is CC(=O)NCCc1ccccc1C1=C(Br)C([C@H]2CNCC[C@]2(OC(N)=O)c2ccc(F)c(F)c2)N(C)O1. The first-order valence-corrected chi connectivity index (χ1v) is 12.7. The number of nitrogens with zero attached hydrogens (tertiary/aromatic N) is 1. The Balaban J connectivity index is 1.76. The highest BCUT2D eigenvalue weighted by atomic mass is 79.9.